The number of hydrogen-bond donors (Lipinski definition) is 2. The van der Waals surface area contributed by atoms with Gasteiger partial charge in [0.2, 0.25) is 5.91 Å². The SMILES string of the molecule is COCCC(C)(O)CNC(=O)CCC1CCCO1. The van der Waals surface area contributed by atoms with Gasteiger partial charge in [-0.15, -0.1) is 0 Å². The summed E-state index contributed by atoms with van der Waals surface area (Å²) in [7, 11) is 1.59. The van der Waals surface area contributed by atoms with Crippen LogP contribution in [0.5, 0.6) is 0 Å². The fourth-order valence-electron chi connectivity index (χ4n) is 1.95. The summed E-state index contributed by atoms with van der Waals surface area (Å²) in [5.74, 6) is -0.0248. The van der Waals surface area contributed by atoms with Gasteiger partial charge in [-0.25, -0.2) is 0 Å². The molecule has 106 valence electrons. The largest absolute Gasteiger partial charge is 0.388 e. The third-order valence-corrected chi connectivity index (χ3v) is 3.23. The summed E-state index contributed by atoms with van der Waals surface area (Å²) in [6, 6.07) is 0. The highest BCUT2D eigenvalue weighted by Gasteiger charge is 2.21. The second kappa shape index (κ2) is 7.71. The third-order valence-electron chi connectivity index (χ3n) is 3.23. The van der Waals surface area contributed by atoms with Crippen LogP contribution in [0.2, 0.25) is 0 Å². The van der Waals surface area contributed by atoms with Gasteiger partial charge in [-0.1, -0.05) is 0 Å². The van der Waals surface area contributed by atoms with Crippen molar-refractivity contribution in [1.29, 1.82) is 0 Å². The Bertz CT molecular complexity index is 249. The molecule has 0 aromatic rings. The Morgan fingerprint density at radius 2 is 2.39 bits per heavy atom. The molecule has 2 N–H and O–H groups in total. The quantitative estimate of drug-likeness (QED) is 0.678. The Labute approximate surface area is 109 Å². The molecule has 0 aromatic heterocycles. The zero-order valence-electron chi connectivity index (χ0n) is 11.4. The topological polar surface area (TPSA) is 67.8 Å². The molecule has 0 spiro atoms. The second-order valence-electron chi connectivity index (χ2n) is 5.19. The molecule has 1 heterocycles. The molecular weight excluding hydrogens is 234 g/mol. The van der Waals surface area contributed by atoms with Crippen LogP contribution in [0.3, 0.4) is 0 Å². The van der Waals surface area contributed by atoms with Crippen molar-refractivity contribution in [3.8, 4) is 0 Å². The fourth-order valence-corrected chi connectivity index (χ4v) is 1.95. The summed E-state index contributed by atoms with van der Waals surface area (Å²) >= 11 is 0. The summed E-state index contributed by atoms with van der Waals surface area (Å²) in [6.45, 7) is 3.27. The molecule has 1 aliphatic rings. The van der Waals surface area contributed by atoms with Crippen LogP contribution in [0, 0.1) is 0 Å². The van der Waals surface area contributed by atoms with E-state index >= 15 is 0 Å². The monoisotopic (exact) mass is 259 g/mol. The Morgan fingerprint density at radius 1 is 1.61 bits per heavy atom. The predicted molar refractivity (Wildman–Crippen MR) is 68.3 cm³/mol. The van der Waals surface area contributed by atoms with E-state index in [0.29, 0.717) is 19.4 Å². The van der Waals surface area contributed by atoms with Gasteiger partial charge in [0.25, 0.3) is 0 Å². The van der Waals surface area contributed by atoms with Crippen LogP contribution in [-0.2, 0) is 14.3 Å². The Hall–Kier alpha value is -0.650. The highest BCUT2D eigenvalue weighted by molar-refractivity contribution is 5.75. The van der Waals surface area contributed by atoms with Crippen molar-refractivity contribution in [3.05, 3.63) is 0 Å². The van der Waals surface area contributed by atoms with E-state index in [0.717, 1.165) is 25.9 Å². The van der Waals surface area contributed by atoms with Gasteiger partial charge in [0.05, 0.1) is 11.7 Å². The molecule has 0 bridgehead atoms. The van der Waals surface area contributed by atoms with Crippen molar-refractivity contribution >= 4 is 5.91 Å². The maximum absolute atomic E-state index is 11.6. The van der Waals surface area contributed by atoms with E-state index in [1.54, 1.807) is 14.0 Å². The minimum Gasteiger partial charge on any atom is -0.388 e. The van der Waals surface area contributed by atoms with Crippen molar-refractivity contribution in [2.45, 2.75) is 50.7 Å². The smallest absolute Gasteiger partial charge is 0.220 e. The maximum Gasteiger partial charge on any atom is 0.220 e. The van der Waals surface area contributed by atoms with Crippen molar-refractivity contribution in [3.63, 3.8) is 0 Å². The number of methoxy groups -OCH3 is 1. The van der Waals surface area contributed by atoms with Crippen molar-refractivity contribution in [2.75, 3.05) is 26.9 Å². The minimum absolute atomic E-state index is 0.0248. The fraction of sp³-hybridized carbons (Fsp3) is 0.923. The summed E-state index contributed by atoms with van der Waals surface area (Å²) in [5.41, 5.74) is -0.907. The van der Waals surface area contributed by atoms with E-state index in [1.165, 1.54) is 0 Å². The van der Waals surface area contributed by atoms with Crippen LogP contribution in [0.15, 0.2) is 0 Å². The maximum atomic E-state index is 11.6. The van der Waals surface area contributed by atoms with Crippen molar-refractivity contribution in [1.82, 2.24) is 5.32 Å². The number of ether oxygens (including phenoxy) is 2. The number of aliphatic hydroxyl groups is 1. The van der Waals surface area contributed by atoms with Crippen molar-refractivity contribution in [2.24, 2.45) is 0 Å². The molecule has 0 saturated carbocycles. The molecule has 1 aliphatic heterocycles. The second-order valence-corrected chi connectivity index (χ2v) is 5.19. The standard InChI is InChI=1S/C13H25NO4/c1-13(16,7-9-17-2)10-14-12(15)6-5-11-4-3-8-18-11/h11,16H,3-10H2,1-2H3,(H,14,15). The van der Waals surface area contributed by atoms with E-state index < -0.39 is 5.60 Å². The van der Waals surface area contributed by atoms with Gasteiger partial charge in [-0.2, -0.15) is 0 Å². The average Bonchev–Trinajstić information content (AvgIpc) is 2.84. The summed E-state index contributed by atoms with van der Waals surface area (Å²) in [6.07, 6.45) is 4.13. The molecule has 0 aromatic carbocycles. The Kier molecular flexibility index (Phi) is 6.60. The lowest BCUT2D eigenvalue weighted by Gasteiger charge is -2.23. The molecule has 1 fully saturated rings. The van der Waals surface area contributed by atoms with Gasteiger partial charge in [0.15, 0.2) is 0 Å². The highest BCUT2D eigenvalue weighted by Crippen LogP contribution is 2.16. The van der Waals surface area contributed by atoms with Gasteiger partial charge in [-0.05, 0) is 26.2 Å². The number of carbonyl (C=O) groups is 1. The predicted octanol–water partition coefficient (Wildman–Crippen LogP) is 0.849. The number of amides is 1. The first-order chi connectivity index (χ1) is 8.53. The van der Waals surface area contributed by atoms with Gasteiger partial charge in [-0.3, -0.25) is 4.79 Å². The first-order valence-electron chi connectivity index (χ1n) is 6.63. The highest BCUT2D eigenvalue weighted by atomic mass is 16.5. The zero-order valence-corrected chi connectivity index (χ0v) is 11.4. The molecule has 0 aliphatic carbocycles. The lowest BCUT2D eigenvalue weighted by atomic mass is 10.0. The molecule has 0 radical (unpaired) electrons. The first-order valence-corrected chi connectivity index (χ1v) is 6.63. The molecular formula is C13H25NO4. The lowest BCUT2D eigenvalue weighted by molar-refractivity contribution is -0.123. The number of carbonyl (C=O) groups excluding carboxylic acids is 1. The number of hydrogen-bond acceptors (Lipinski definition) is 4. The van der Waals surface area contributed by atoms with Gasteiger partial charge in [0, 0.05) is 39.7 Å². The van der Waals surface area contributed by atoms with E-state index in [1.807, 2.05) is 0 Å². The molecule has 2 atom stereocenters. The van der Waals surface area contributed by atoms with Crippen molar-refractivity contribution < 1.29 is 19.4 Å². The van der Waals surface area contributed by atoms with E-state index in [4.69, 9.17) is 9.47 Å². The van der Waals surface area contributed by atoms with Crippen LogP contribution < -0.4 is 5.32 Å². The first kappa shape index (κ1) is 15.4. The van der Waals surface area contributed by atoms with Crippen LogP contribution in [0.1, 0.15) is 39.0 Å². The molecule has 18 heavy (non-hydrogen) atoms. The molecule has 5 nitrogen and oxygen atoms in total. The molecule has 1 rings (SSSR count). The zero-order chi connectivity index (χ0) is 13.4. The molecule has 5 heteroatoms. The van der Waals surface area contributed by atoms with Crippen LogP contribution in [-0.4, -0.2) is 49.6 Å². The van der Waals surface area contributed by atoms with Gasteiger partial charge >= 0.3 is 0 Å². The number of rotatable bonds is 8. The molecule has 1 amide bonds. The molecule has 1 saturated heterocycles. The number of nitrogens with one attached hydrogen (secondary N) is 1. The normalized spacial score (nSPS) is 22.7. The summed E-state index contributed by atoms with van der Waals surface area (Å²) in [4.78, 5) is 11.6. The summed E-state index contributed by atoms with van der Waals surface area (Å²) in [5, 5.41) is 12.7. The third kappa shape index (κ3) is 6.33. The minimum atomic E-state index is -0.907. The lowest BCUT2D eigenvalue weighted by Crippen LogP contribution is -2.41. The Balaban J connectivity index is 2.11. The average molecular weight is 259 g/mol. The van der Waals surface area contributed by atoms with Crippen LogP contribution in [0.25, 0.3) is 0 Å². The van der Waals surface area contributed by atoms with E-state index in [-0.39, 0.29) is 18.6 Å². The molecule has 2 unspecified atom stereocenters. The van der Waals surface area contributed by atoms with Crippen LogP contribution in [0.4, 0.5) is 0 Å². The van der Waals surface area contributed by atoms with E-state index in [2.05, 4.69) is 5.32 Å². The van der Waals surface area contributed by atoms with E-state index in [9.17, 15) is 9.90 Å². The Morgan fingerprint density at radius 3 is 3.00 bits per heavy atom. The van der Waals surface area contributed by atoms with Gasteiger partial charge in [0.1, 0.15) is 0 Å². The summed E-state index contributed by atoms with van der Waals surface area (Å²) < 4.78 is 10.4. The van der Waals surface area contributed by atoms with Crippen LogP contribution >= 0.6 is 0 Å². The van der Waals surface area contributed by atoms with Gasteiger partial charge < -0.3 is 19.9 Å².